The summed E-state index contributed by atoms with van der Waals surface area (Å²) < 4.78 is 59.2. The van der Waals surface area contributed by atoms with E-state index in [1.165, 1.54) is 6.07 Å². The molecular weight excluding hydrogens is 469 g/mol. The van der Waals surface area contributed by atoms with Gasteiger partial charge in [0.15, 0.2) is 17.5 Å². The number of aliphatic imine (C=N–C) groups is 1. The molecule has 0 fully saturated rings. The van der Waals surface area contributed by atoms with E-state index in [-0.39, 0.29) is 42.4 Å². The van der Waals surface area contributed by atoms with E-state index in [9.17, 15) is 17.6 Å². The molecule has 5 nitrogen and oxygen atoms in total. The van der Waals surface area contributed by atoms with E-state index < -0.39 is 18.6 Å². The Labute approximate surface area is 167 Å². The Morgan fingerprint density at radius 3 is 2.54 bits per heavy atom. The lowest BCUT2D eigenvalue weighted by Crippen LogP contribution is -2.42. The van der Waals surface area contributed by atoms with Gasteiger partial charge in [-0.25, -0.2) is 4.39 Å². The number of ether oxygens (including phenoxy) is 2. The zero-order valence-corrected chi connectivity index (χ0v) is 16.9. The van der Waals surface area contributed by atoms with E-state index in [2.05, 4.69) is 20.4 Å². The highest BCUT2D eigenvalue weighted by Gasteiger charge is 2.27. The van der Waals surface area contributed by atoms with Crippen LogP contribution in [0.1, 0.15) is 13.3 Å². The molecule has 0 radical (unpaired) electrons. The van der Waals surface area contributed by atoms with Crippen LogP contribution in [-0.4, -0.2) is 51.6 Å². The minimum atomic E-state index is -4.31. The number of nitrogens with zero attached hydrogens (tertiary/aromatic N) is 1. The number of hydrogen-bond donors (Lipinski definition) is 2. The van der Waals surface area contributed by atoms with Crippen LogP contribution in [0.2, 0.25) is 0 Å². The van der Waals surface area contributed by atoms with E-state index in [0.29, 0.717) is 25.5 Å². The molecule has 1 rings (SSSR count). The quantitative estimate of drug-likeness (QED) is 0.182. The van der Waals surface area contributed by atoms with Gasteiger partial charge >= 0.3 is 6.18 Å². The number of alkyl halides is 3. The molecule has 10 heteroatoms. The van der Waals surface area contributed by atoms with Crippen molar-refractivity contribution in [2.24, 2.45) is 4.99 Å². The SMILES string of the molecule is CN=C(NCCCOCC(F)(F)F)NCC(C)Oc1ccccc1F.I. The van der Waals surface area contributed by atoms with Crippen molar-refractivity contribution in [2.45, 2.75) is 25.6 Å². The van der Waals surface area contributed by atoms with Crippen LogP contribution in [0.4, 0.5) is 17.6 Å². The smallest absolute Gasteiger partial charge is 0.411 e. The third kappa shape index (κ3) is 11.3. The predicted molar refractivity (Wildman–Crippen MR) is 103 cm³/mol. The van der Waals surface area contributed by atoms with Gasteiger partial charge in [0.05, 0.1) is 6.54 Å². The molecule has 1 atom stereocenters. The van der Waals surface area contributed by atoms with Gasteiger partial charge in [0.25, 0.3) is 0 Å². The van der Waals surface area contributed by atoms with Crippen molar-refractivity contribution in [2.75, 3.05) is 33.4 Å². The Kier molecular flexibility index (Phi) is 12.3. The van der Waals surface area contributed by atoms with E-state index in [1.807, 2.05) is 0 Å². The van der Waals surface area contributed by atoms with Crippen molar-refractivity contribution in [3.63, 3.8) is 0 Å². The van der Waals surface area contributed by atoms with Crippen LogP contribution in [-0.2, 0) is 4.74 Å². The van der Waals surface area contributed by atoms with Crippen molar-refractivity contribution < 1.29 is 27.0 Å². The number of benzene rings is 1. The minimum absolute atomic E-state index is 0. The first kappa shape index (κ1) is 24.7. The second kappa shape index (κ2) is 13.0. The Morgan fingerprint density at radius 2 is 1.92 bits per heavy atom. The molecular formula is C16H24F4IN3O2. The molecule has 0 aliphatic rings. The van der Waals surface area contributed by atoms with Gasteiger partial charge in [-0.2, -0.15) is 13.2 Å². The van der Waals surface area contributed by atoms with E-state index >= 15 is 0 Å². The maximum atomic E-state index is 13.5. The van der Waals surface area contributed by atoms with Crippen molar-refractivity contribution in [1.29, 1.82) is 0 Å². The van der Waals surface area contributed by atoms with Gasteiger partial charge in [-0.1, -0.05) is 12.1 Å². The van der Waals surface area contributed by atoms with Gasteiger partial charge in [0, 0.05) is 20.2 Å². The summed E-state index contributed by atoms with van der Waals surface area (Å²) in [5.74, 6) is 0.206. The molecule has 0 aliphatic carbocycles. The number of nitrogens with one attached hydrogen (secondary N) is 2. The predicted octanol–water partition coefficient (Wildman–Crippen LogP) is 3.35. The molecule has 0 saturated carbocycles. The second-order valence-corrected chi connectivity index (χ2v) is 5.26. The van der Waals surface area contributed by atoms with Crippen LogP contribution >= 0.6 is 24.0 Å². The molecule has 1 aromatic carbocycles. The van der Waals surface area contributed by atoms with Crippen molar-refractivity contribution in [3.05, 3.63) is 30.1 Å². The number of halogens is 5. The summed E-state index contributed by atoms with van der Waals surface area (Å²) in [6.07, 6.45) is -4.22. The molecule has 150 valence electrons. The summed E-state index contributed by atoms with van der Waals surface area (Å²) >= 11 is 0. The van der Waals surface area contributed by atoms with Crippen LogP contribution in [0.5, 0.6) is 5.75 Å². The molecule has 0 heterocycles. The summed E-state index contributed by atoms with van der Waals surface area (Å²) in [6, 6.07) is 6.12. The first-order valence-corrected chi connectivity index (χ1v) is 7.82. The number of para-hydroxylation sites is 1. The minimum Gasteiger partial charge on any atom is -0.486 e. The molecule has 0 bridgehead atoms. The summed E-state index contributed by atoms with van der Waals surface area (Å²) in [6.45, 7) is 1.30. The fourth-order valence-electron chi connectivity index (χ4n) is 1.83. The maximum absolute atomic E-state index is 13.5. The fourth-order valence-corrected chi connectivity index (χ4v) is 1.83. The molecule has 26 heavy (non-hydrogen) atoms. The Balaban J connectivity index is 0.00000625. The number of rotatable bonds is 9. The monoisotopic (exact) mass is 493 g/mol. The molecule has 0 saturated heterocycles. The lowest BCUT2D eigenvalue weighted by molar-refractivity contribution is -0.173. The van der Waals surface area contributed by atoms with E-state index in [4.69, 9.17) is 4.74 Å². The lowest BCUT2D eigenvalue weighted by Gasteiger charge is -2.18. The van der Waals surface area contributed by atoms with E-state index in [0.717, 1.165) is 0 Å². The molecule has 0 spiro atoms. The summed E-state index contributed by atoms with van der Waals surface area (Å²) in [5, 5.41) is 5.94. The molecule has 0 amide bonds. The standard InChI is InChI=1S/C16H23F4N3O2.HI/c1-12(25-14-7-4-3-6-13(14)17)10-23-15(21-2)22-8-5-9-24-11-16(18,19)20;/h3-4,6-7,12H,5,8-11H2,1-2H3,(H2,21,22,23);1H. The Morgan fingerprint density at radius 1 is 1.23 bits per heavy atom. The highest BCUT2D eigenvalue weighted by Crippen LogP contribution is 2.16. The van der Waals surface area contributed by atoms with Crippen molar-refractivity contribution in [1.82, 2.24) is 10.6 Å². The summed E-state index contributed by atoms with van der Waals surface area (Å²) in [4.78, 5) is 3.99. The Hall–Kier alpha value is -1.30. The first-order valence-electron chi connectivity index (χ1n) is 7.82. The normalized spacial score (nSPS) is 12.9. The van der Waals surface area contributed by atoms with Crippen molar-refractivity contribution in [3.8, 4) is 5.75 Å². The summed E-state index contributed by atoms with van der Waals surface area (Å²) in [5.41, 5.74) is 0. The van der Waals surface area contributed by atoms with Crippen LogP contribution < -0.4 is 15.4 Å². The molecule has 0 aromatic heterocycles. The summed E-state index contributed by atoms with van der Waals surface area (Å²) in [7, 11) is 1.57. The molecule has 1 unspecified atom stereocenters. The van der Waals surface area contributed by atoms with Crippen molar-refractivity contribution >= 4 is 29.9 Å². The highest BCUT2D eigenvalue weighted by molar-refractivity contribution is 14.0. The van der Waals surface area contributed by atoms with Gasteiger partial charge in [-0.05, 0) is 25.5 Å². The van der Waals surface area contributed by atoms with Crippen LogP contribution in [0.15, 0.2) is 29.3 Å². The number of hydrogen-bond acceptors (Lipinski definition) is 3. The number of guanidine groups is 1. The first-order chi connectivity index (χ1) is 11.8. The topological polar surface area (TPSA) is 54.9 Å². The molecule has 0 aliphatic heterocycles. The highest BCUT2D eigenvalue weighted by atomic mass is 127. The average molecular weight is 493 g/mol. The van der Waals surface area contributed by atoms with Gasteiger partial charge in [0.2, 0.25) is 0 Å². The average Bonchev–Trinajstić information content (AvgIpc) is 2.54. The maximum Gasteiger partial charge on any atom is 0.411 e. The second-order valence-electron chi connectivity index (χ2n) is 5.26. The fraction of sp³-hybridized carbons (Fsp3) is 0.562. The van der Waals surface area contributed by atoms with Crippen LogP contribution in [0.25, 0.3) is 0 Å². The van der Waals surface area contributed by atoms with Crippen LogP contribution in [0.3, 0.4) is 0 Å². The largest absolute Gasteiger partial charge is 0.486 e. The zero-order chi connectivity index (χ0) is 18.7. The Bertz CT molecular complexity index is 544. The van der Waals surface area contributed by atoms with Gasteiger partial charge in [-0.15, -0.1) is 24.0 Å². The molecule has 2 N–H and O–H groups in total. The van der Waals surface area contributed by atoms with Crippen LogP contribution in [0, 0.1) is 5.82 Å². The third-order valence-electron chi connectivity index (χ3n) is 2.97. The van der Waals surface area contributed by atoms with Gasteiger partial charge in [-0.3, -0.25) is 4.99 Å². The zero-order valence-electron chi connectivity index (χ0n) is 14.6. The van der Waals surface area contributed by atoms with E-state index in [1.54, 1.807) is 32.2 Å². The van der Waals surface area contributed by atoms with Gasteiger partial charge < -0.3 is 20.1 Å². The van der Waals surface area contributed by atoms with Gasteiger partial charge in [0.1, 0.15) is 12.7 Å². The third-order valence-corrected chi connectivity index (χ3v) is 2.97. The molecule has 1 aromatic rings. The lowest BCUT2D eigenvalue weighted by atomic mass is 10.3.